The fourth-order valence-electron chi connectivity index (χ4n) is 1.46. The van der Waals surface area contributed by atoms with E-state index in [9.17, 15) is 18.0 Å². The molecule has 0 bridgehead atoms. The van der Waals surface area contributed by atoms with Crippen molar-refractivity contribution in [3.8, 4) is 0 Å². The van der Waals surface area contributed by atoms with Gasteiger partial charge in [-0.1, -0.05) is 13.8 Å². The van der Waals surface area contributed by atoms with Gasteiger partial charge >= 0.3 is 12.1 Å². The number of aromatic nitrogens is 2. The van der Waals surface area contributed by atoms with Gasteiger partial charge in [-0.3, -0.25) is 4.79 Å². The lowest BCUT2D eigenvalue weighted by Crippen LogP contribution is -2.19. The number of halogens is 3. The van der Waals surface area contributed by atoms with Gasteiger partial charge in [0.15, 0.2) is 0 Å². The molecule has 0 amide bonds. The van der Waals surface area contributed by atoms with Gasteiger partial charge in [0.25, 0.3) is 0 Å². The molecule has 1 aromatic rings. The second kappa shape index (κ2) is 4.68. The van der Waals surface area contributed by atoms with Gasteiger partial charge in [0.2, 0.25) is 5.82 Å². The van der Waals surface area contributed by atoms with E-state index in [1.54, 1.807) is 13.8 Å². The molecule has 0 spiro atoms. The second-order valence-corrected chi connectivity index (χ2v) is 3.90. The van der Waals surface area contributed by atoms with Crippen LogP contribution in [0.5, 0.6) is 0 Å². The summed E-state index contributed by atoms with van der Waals surface area (Å²) in [6, 6.07) is 0. The number of hydrogen-bond acceptors (Lipinski definition) is 3. The molecule has 0 aliphatic carbocycles. The van der Waals surface area contributed by atoms with Crippen molar-refractivity contribution in [3.05, 3.63) is 23.8 Å². The van der Waals surface area contributed by atoms with Crippen molar-refractivity contribution in [1.82, 2.24) is 9.97 Å². The summed E-state index contributed by atoms with van der Waals surface area (Å²) in [5.41, 5.74) is 0.167. The molecule has 94 valence electrons. The van der Waals surface area contributed by atoms with Crippen molar-refractivity contribution in [3.63, 3.8) is 0 Å². The van der Waals surface area contributed by atoms with Crippen molar-refractivity contribution in [1.29, 1.82) is 0 Å². The highest BCUT2D eigenvalue weighted by Gasteiger charge is 2.35. The zero-order valence-corrected chi connectivity index (χ0v) is 9.19. The lowest BCUT2D eigenvalue weighted by Gasteiger charge is -2.16. The molecule has 0 saturated heterocycles. The lowest BCUT2D eigenvalue weighted by atomic mass is 9.90. The number of carbonyl (C=O) groups is 1. The molecule has 1 unspecified atom stereocenters. The quantitative estimate of drug-likeness (QED) is 0.891. The van der Waals surface area contributed by atoms with E-state index in [2.05, 4.69) is 9.97 Å². The van der Waals surface area contributed by atoms with E-state index in [0.717, 1.165) is 12.4 Å². The molecule has 1 atom stereocenters. The number of alkyl halides is 3. The highest BCUT2D eigenvalue weighted by molar-refractivity contribution is 5.76. The smallest absolute Gasteiger partial charge is 0.451 e. The number of carboxylic acid groups (broad SMARTS) is 1. The Bertz CT molecular complexity index is 401. The average Bonchev–Trinajstić information content (AvgIpc) is 2.15. The van der Waals surface area contributed by atoms with E-state index in [4.69, 9.17) is 5.11 Å². The van der Waals surface area contributed by atoms with Gasteiger partial charge in [-0.05, 0) is 5.92 Å². The fraction of sp³-hybridized carbons (Fsp3) is 0.500. The molecule has 0 aliphatic heterocycles. The second-order valence-electron chi connectivity index (χ2n) is 3.90. The summed E-state index contributed by atoms with van der Waals surface area (Å²) in [5, 5.41) is 8.95. The summed E-state index contributed by atoms with van der Waals surface area (Å²) < 4.78 is 36.6. The molecule has 0 radical (unpaired) electrons. The summed E-state index contributed by atoms with van der Waals surface area (Å²) >= 11 is 0. The molecule has 0 aromatic carbocycles. The first-order chi connectivity index (χ1) is 7.73. The Morgan fingerprint density at radius 2 is 1.76 bits per heavy atom. The molecule has 0 saturated carbocycles. The van der Waals surface area contributed by atoms with Gasteiger partial charge in [-0.2, -0.15) is 13.2 Å². The summed E-state index contributed by atoms with van der Waals surface area (Å²) in [7, 11) is 0. The van der Waals surface area contributed by atoms with Crippen LogP contribution in [0, 0.1) is 5.92 Å². The molecular weight excluding hydrogens is 237 g/mol. The van der Waals surface area contributed by atoms with E-state index >= 15 is 0 Å². The SMILES string of the molecule is CC(C)C(C(=O)O)c1cnc(C(F)(F)F)nc1. The minimum atomic E-state index is -4.62. The van der Waals surface area contributed by atoms with Crippen molar-refractivity contribution in [2.24, 2.45) is 5.92 Å². The summed E-state index contributed by atoms with van der Waals surface area (Å²) in [6.45, 7) is 3.33. The lowest BCUT2D eigenvalue weighted by molar-refractivity contribution is -0.145. The normalized spacial score (nSPS) is 13.8. The minimum Gasteiger partial charge on any atom is -0.481 e. The molecule has 1 N–H and O–H groups in total. The fourth-order valence-corrected chi connectivity index (χ4v) is 1.46. The maximum absolute atomic E-state index is 12.2. The van der Waals surface area contributed by atoms with Crippen LogP contribution in [0.4, 0.5) is 13.2 Å². The minimum absolute atomic E-state index is 0.167. The van der Waals surface area contributed by atoms with Crippen LogP contribution in [0.2, 0.25) is 0 Å². The van der Waals surface area contributed by atoms with E-state index in [1.807, 2.05) is 0 Å². The summed E-state index contributed by atoms with van der Waals surface area (Å²) in [4.78, 5) is 17.2. The third-order valence-corrected chi connectivity index (χ3v) is 2.22. The zero-order valence-electron chi connectivity index (χ0n) is 9.19. The van der Waals surface area contributed by atoms with Gasteiger partial charge < -0.3 is 5.11 Å². The van der Waals surface area contributed by atoms with Gasteiger partial charge in [0, 0.05) is 18.0 Å². The Labute approximate surface area is 95.5 Å². The van der Waals surface area contributed by atoms with Gasteiger partial charge in [0.1, 0.15) is 0 Å². The predicted octanol–water partition coefficient (Wildman–Crippen LogP) is 2.32. The summed E-state index contributed by atoms with van der Waals surface area (Å²) in [5.74, 6) is -3.54. The summed E-state index contributed by atoms with van der Waals surface area (Å²) in [6.07, 6.45) is -2.79. The van der Waals surface area contributed by atoms with Gasteiger partial charge in [-0.15, -0.1) is 0 Å². The molecule has 0 fully saturated rings. The van der Waals surface area contributed by atoms with Crippen LogP contribution in [0.1, 0.15) is 31.2 Å². The molecule has 1 aromatic heterocycles. The molecule has 1 heterocycles. The van der Waals surface area contributed by atoms with E-state index in [0.29, 0.717) is 0 Å². The van der Waals surface area contributed by atoms with Crippen LogP contribution >= 0.6 is 0 Å². The Balaban J connectivity index is 3.05. The Morgan fingerprint density at radius 1 is 1.29 bits per heavy atom. The first-order valence-electron chi connectivity index (χ1n) is 4.85. The monoisotopic (exact) mass is 248 g/mol. The van der Waals surface area contributed by atoms with E-state index < -0.39 is 23.9 Å². The number of nitrogens with zero attached hydrogens (tertiary/aromatic N) is 2. The molecular formula is C10H11F3N2O2. The maximum atomic E-state index is 12.2. The van der Waals surface area contributed by atoms with Crippen molar-refractivity contribution in [2.75, 3.05) is 0 Å². The predicted molar refractivity (Wildman–Crippen MR) is 52.2 cm³/mol. The van der Waals surface area contributed by atoms with Crippen LogP contribution in [-0.4, -0.2) is 21.0 Å². The Hall–Kier alpha value is -1.66. The van der Waals surface area contributed by atoms with Crippen LogP contribution in [-0.2, 0) is 11.0 Å². The van der Waals surface area contributed by atoms with Gasteiger partial charge in [0.05, 0.1) is 5.92 Å². The molecule has 1 rings (SSSR count). The van der Waals surface area contributed by atoms with Crippen molar-refractivity contribution < 1.29 is 23.1 Å². The third kappa shape index (κ3) is 3.15. The number of aliphatic carboxylic acids is 1. The van der Waals surface area contributed by atoms with Crippen LogP contribution in [0.25, 0.3) is 0 Å². The average molecular weight is 248 g/mol. The molecule has 7 heteroatoms. The number of hydrogen-bond donors (Lipinski definition) is 1. The number of rotatable bonds is 3. The van der Waals surface area contributed by atoms with Crippen molar-refractivity contribution >= 4 is 5.97 Å². The topological polar surface area (TPSA) is 63.1 Å². The van der Waals surface area contributed by atoms with Crippen LogP contribution in [0.3, 0.4) is 0 Å². The zero-order chi connectivity index (χ0) is 13.2. The molecule has 17 heavy (non-hydrogen) atoms. The molecule has 0 aliphatic rings. The van der Waals surface area contributed by atoms with E-state index in [-0.39, 0.29) is 11.5 Å². The number of carboxylic acids is 1. The van der Waals surface area contributed by atoms with Crippen LogP contribution in [0.15, 0.2) is 12.4 Å². The molecule has 4 nitrogen and oxygen atoms in total. The maximum Gasteiger partial charge on any atom is 0.451 e. The largest absolute Gasteiger partial charge is 0.481 e. The van der Waals surface area contributed by atoms with Crippen molar-refractivity contribution in [2.45, 2.75) is 25.9 Å². The standard InChI is InChI=1S/C10H11F3N2O2/c1-5(2)7(8(16)17)6-3-14-9(15-4-6)10(11,12)13/h3-5,7H,1-2H3,(H,16,17). The highest BCUT2D eigenvalue weighted by atomic mass is 19.4. The Kier molecular flexibility index (Phi) is 3.69. The van der Waals surface area contributed by atoms with E-state index in [1.165, 1.54) is 0 Å². The first kappa shape index (κ1) is 13.4. The highest BCUT2D eigenvalue weighted by Crippen LogP contribution is 2.28. The van der Waals surface area contributed by atoms with Crippen LogP contribution < -0.4 is 0 Å². The first-order valence-corrected chi connectivity index (χ1v) is 4.85. The third-order valence-electron chi connectivity index (χ3n) is 2.22. The Morgan fingerprint density at radius 3 is 2.06 bits per heavy atom. The van der Waals surface area contributed by atoms with Gasteiger partial charge in [-0.25, -0.2) is 9.97 Å².